The second-order valence-corrected chi connectivity index (χ2v) is 4.34. The Balaban J connectivity index is 2.71. The number of nitrogens with zero attached hydrogens (tertiary/aromatic N) is 1. The number of aliphatic carboxylic acids is 1. The molecule has 1 aromatic rings. The molecule has 0 spiro atoms. The third-order valence-corrected chi connectivity index (χ3v) is 2.82. The van der Waals surface area contributed by atoms with Gasteiger partial charge in [-0.05, 0) is 26.0 Å². The first kappa shape index (κ1) is 15.3. The fourth-order valence-electron chi connectivity index (χ4n) is 1.55. The largest absolute Gasteiger partial charge is 0.480 e. The predicted molar refractivity (Wildman–Crippen MR) is 71.4 cm³/mol. The summed E-state index contributed by atoms with van der Waals surface area (Å²) < 4.78 is 5.46. The second kappa shape index (κ2) is 6.99. The first-order valence-electron chi connectivity index (χ1n) is 5.87. The number of likely N-dealkylation sites (N-methyl/N-ethyl adjacent to an activating group) is 1. The number of carbonyl (C=O) groups is 2. The predicted octanol–water partition coefficient (Wildman–Crippen LogP) is 2.04. The lowest BCUT2D eigenvalue weighted by Crippen LogP contribution is -2.43. The van der Waals surface area contributed by atoms with Gasteiger partial charge < -0.3 is 14.7 Å². The zero-order valence-corrected chi connectivity index (χ0v) is 11.6. The van der Waals surface area contributed by atoms with Crippen molar-refractivity contribution in [3.63, 3.8) is 0 Å². The summed E-state index contributed by atoms with van der Waals surface area (Å²) in [5, 5.41) is 9.13. The van der Waals surface area contributed by atoms with Gasteiger partial charge in [-0.15, -0.1) is 0 Å². The van der Waals surface area contributed by atoms with Gasteiger partial charge in [-0.1, -0.05) is 23.7 Å². The Morgan fingerprint density at radius 1 is 1.42 bits per heavy atom. The van der Waals surface area contributed by atoms with Crippen LogP contribution in [0.25, 0.3) is 0 Å². The summed E-state index contributed by atoms with van der Waals surface area (Å²) in [6, 6.07) is 6.81. The van der Waals surface area contributed by atoms with Crippen LogP contribution in [0.5, 0.6) is 5.75 Å². The van der Waals surface area contributed by atoms with E-state index in [1.54, 1.807) is 38.1 Å². The number of para-hydroxylation sites is 1. The van der Waals surface area contributed by atoms with E-state index in [0.29, 0.717) is 17.3 Å². The second-order valence-electron chi connectivity index (χ2n) is 3.94. The maximum absolute atomic E-state index is 12.0. The number of rotatable bonds is 6. The molecule has 0 aliphatic carbocycles. The number of amides is 1. The van der Waals surface area contributed by atoms with E-state index in [9.17, 15) is 9.59 Å². The third-order valence-electron chi connectivity index (χ3n) is 2.51. The van der Waals surface area contributed by atoms with Crippen LogP contribution in [0.15, 0.2) is 24.3 Å². The van der Waals surface area contributed by atoms with Gasteiger partial charge in [0.15, 0.2) is 6.10 Å². The lowest BCUT2D eigenvalue weighted by molar-refractivity contribution is -0.147. The Bertz CT molecular complexity index is 464. The molecule has 5 nitrogen and oxygen atoms in total. The SMILES string of the molecule is CCN(CC(=O)O)C(=O)C(C)Oc1ccccc1Cl. The van der Waals surface area contributed by atoms with Crippen molar-refractivity contribution in [2.45, 2.75) is 20.0 Å². The van der Waals surface area contributed by atoms with Crippen LogP contribution in [-0.4, -0.2) is 41.1 Å². The number of ether oxygens (including phenoxy) is 1. The summed E-state index contributed by atoms with van der Waals surface area (Å²) in [7, 11) is 0. The van der Waals surface area contributed by atoms with Crippen molar-refractivity contribution in [2.24, 2.45) is 0 Å². The Morgan fingerprint density at radius 3 is 2.58 bits per heavy atom. The molecule has 0 aliphatic heterocycles. The minimum absolute atomic E-state index is 0.307. The number of carboxylic acid groups (broad SMARTS) is 1. The quantitative estimate of drug-likeness (QED) is 0.868. The molecule has 0 saturated heterocycles. The highest BCUT2D eigenvalue weighted by atomic mass is 35.5. The third kappa shape index (κ3) is 4.44. The van der Waals surface area contributed by atoms with Gasteiger partial charge in [-0.2, -0.15) is 0 Å². The van der Waals surface area contributed by atoms with E-state index in [2.05, 4.69) is 0 Å². The molecule has 0 bridgehead atoms. The van der Waals surface area contributed by atoms with Gasteiger partial charge in [0.05, 0.1) is 5.02 Å². The van der Waals surface area contributed by atoms with E-state index >= 15 is 0 Å². The lowest BCUT2D eigenvalue weighted by Gasteiger charge is -2.23. The summed E-state index contributed by atoms with van der Waals surface area (Å²) in [6.07, 6.45) is -0.792. The first-order chi connectivity index (χ1) is 8.95. The highest BCUT2D eigenvalue weighted by Gasteiger charge is 2.23. The summed E-state index contributed by atoms with van der Waals surface area (Å²) in [5.74, 6) is -1.04. The molecule has 0 aliphatic rings. The molecule has 6 heteroatoms. The Kier molecular flexibility index (Phi) is 5.63. The molecule has 0 aromatic heterocycles. The van der Waals surface area contributed by atoms with Crippen LogP contribution in [0.2, 0.25) is 5.02 Å². The summed E-state index contributed by atoms with van der Waals surface area (Å²) in [5.41, 5.74) is 0. The van der Waals surface area contributed by atoms with Crippen molar-refractivity contribution < 1.29 is 19.4 Å². The van der Waals surface area contributed by atoms with E-state index in [0.717, 1.165) is 0 Å². The smallest absolute Gasteiger partial charge is 0.323 e. The maximum atomic E-state index is 12.0. The zero-order valence-electron chi connectivity index (χ0n) is 10.8. The number of hydrogen-bond acceptors (Lipinski definition) is 3. The molecule has 1 N–H and O–H groups in total. The van der Waals surface area contributed by atoms with Gasteiger partial charge in [0.25, 0.3) is 5.91 Å². The monoisotopic (exact) mass is 285 g/mol. The van der Waals surface area contributed by atoms with E-state index in [-0.39, 0.29) is 12.5 Å². The van der Waals surface area contributed by atoms with Gasteiger partial charge in [-0.25, -0.2) is 0 Å². The molecule has 0 heterocycles. The molecule has 0 saturated carbocycles. The van der Waals surface area contributed by atoms with Gasteiger partial charge in [0.2, 0.25) is 0 Å². The van der Waals surface area contributed by atoms with E-state index < -0.39 is 12.1 Å². The van der Waals surface area contributed by atoms with Crippen molar-refractivity contribution in [3.8, 4) is 5.75 Å². The average molecular weight is 286 g/mol. The number of benzene rings is 1. The number of carboxylic acids is 1. The molecular formula is C13H16ClNO4. The van der Waals surface area contributed by atoms with Crippen LogP contribution in [-0.2, 0) is 9.59 Å². The number of halogens is 1. The Hall–Kier alpha value is -1.75. The lowest BCUT2D eigenvalue weighted by atomic mass is 10.3. The highest BCUT2D eigenvalue weighted by molar-refractivity contribution is 6.32. The fourth-order valence-corrected chi connectivity index (χ4v) is 1.73. The first-order valence-corrected chi connectivity index (χ1v) is 6.25. The van der Waals surface area contributed by atoms with Crippen LogP contribution >= 0.6 is 11.6 Å². The van der Waals surface area contributed by atoms with E-state index in [1.165, 1.54) is 4.90 Å². The number of hydrogen-bond donors (Lipinski definition) is 1. The molecule has 19 heavy (non-hydrogen) atoms. The van der Waals surface area contributed by atoms with Crippen molar-refractivity contribution in [1.82, 2.24) is 4.90 Å². The van der Waals surface area contributed by atoms with Crippen molar-refractivity contribution in [3.05, 3.63) is 29.3 Å². The maximum Gasteiger partial charge on any atom is 0.323 e. The minimum atomic E-state index is -1.06. The molecular weight excluding hydrogens is 270 g/mol. The van der Waals surface area contributed by atoms with Crippen LogP contribution < -0.4 is 4.74 Å². The highest BCUT2D eigenvalue weighted by Crippen LogP contribution is 2.24. The fraction of sp³-hybridized carbons (Fsp3) is 0.385. The zero-order chi connectivity index (χ0) is 14.4. The van der Waals surface area contributed by atoms with Gasteiger partial charge in [0, 0.05) is 6.54 Å². The molecule has 0 radical (unpaired) electrons. The van der Waals surface area contributed by atoms with Crippen LogP contribution in [0.1, 0.15) is 13.8 Å². The standard InChI is InChI=1S/C13H16ClNO4/c1-3-15(8-12(16)17)13(18)9(2)19-11-7-5-4-6-10(11)14/h4-7,9H,3,8H2,1-2H3,(H,16,17). The average Bonchev–Trinajstić information content (AvgIpc) is 2.37. The van der Waals surface area contributed by atoms with Crippen molar-refractivity contribution >= 4 is 23.5 Å². The van der Waals surface area contributed by atoms with E-state index in [4.69, 9.17) is 21.4 Å². The van der Waals surface area contributed by atoms with Crippen LogP contribution in [0.4, 0.5) is 0 Å². The molecule has 1 atom stereocenters. The van der Waals surface area contributed by atoms with Crippen molar-refractivity contribution in [1.29, 1.82) is 0 Å². The number of carbonyl (C=O) groups excluding carboxylic acids is 1. The Morgan fingerprint density at radius 2 is 2.05 bits per heavy atom. The minimum Gasteiger partial charge on any atom is -0.480 e. The van der Waals surface area contributed by atoms with Crippen LogP contribution in [0, 0.1) is 0 Å². The van der Waals surface area contributed by atoms with Crippen molar-refractivity contribution in [2.75, 3.05) is 13.1 Å². The summed E-state index contributed by atoms with van der Waals surface area (Å²) in [6.45, 7) is 3.24. The summed E-state index contributed by atoms with van der Waals surface area (Å²) >= 11 is 5.93. The topological polar surface area (TPSA) is 66.8 Å². The molecule has 0 fully saturated rings. The normalized spacial score (nSPS) is 11.7. The van der Waals surface area contributed by atoms with Gasteiger partial charge >= 0.3 is 5.97 Å². The van der Waals surface area contributed by atoms with Gasteiger partial charge in [-0.3, -0.25) is 9.59 Å². The molecule has 1 amide bonds. The Labute approximate surface area is 116 Å². The van der Waals surface area contributed by atoms with E-state index in [1.807, 2.05) is 0 Å². The molecule has 1 unspecified atom stereocenters. The van der Waals surface area contributed by atoms with Crippen LogP contribution in [0.3, 0.4) is 0 Å². The molecule has 1 rings (SSSR count). The van der Waals surface area contributed by atoms with Gasteiger partial charge in [0.1, 0.15) is 12.3 Å². The molecule has 104 valence electrons. The summed E-state index contributed by atoms with van der Waals surface area (Å²) in [4.78, 5) is 23.9. The molecule has 1 aromatic carbocycles.